The van der Waals surface area contributed by atoms with Crippen molar-refractivity contribution >= 4 is 23.0 Å². The zero-order valence-corrected chi connectivity index (χ0v) is 11.7. The van der Waals surface area contributed by atoms with E-state index < -0.39 is 17.6 Å². The summed E-state index contributed by atoms with van der Waals surface area (Å²) in [6.45, 7) is 2.15. The second kappa shape index (κ2) is 5.96. The lowest BCUT2D eigenvalue weighted by Gasteiger charge is -2.09. The lowest BCUT2D eigenvalue weighted by atomic mass is 10.1. The third-order valence-corrected chi connectivity index (χ3v) is 3.41. The number of benzene rings is 1. The van der Waals surface area contributed by atoms with Crippen LogP contribution in [0.4, 0.5) is 14.5 Å². The van der Waals surface area contributed by atoms with Gasteiger partial charge in [0.1, 0.15) is 11.6 Å². The predicted octanol–water partition coefficient (Wildman–Crippen LogP) is 3.13. The maximum Gasteiger partial charge on any atom is 0.340 e. The number of methoxy groups -OCH3 is 1. The molecule has 1 heterocycles. The fourth-order valence-electron chi connectivity index (χ4n) is 1.63. The molecule has 0 aliphatic rings. The standard InChI is InChI=1S/C13H12F2N2O2S/c1-7-17-8(6-20-7)5-16-12-3-9(13(18)19-2)10(14)4-11(12)15/h3-4,6,16H,5H2,1-2H3. The Labute approximate surface area is 118 Å². The monoisotopic (exact) mass is 298 g/mol. The number of thiazole rings is 1. The number of hydrogen-bond donors (Lipinski definition) is 1. The fourth-order valence-corrected chi connectivity index (χ4v) is 2.24. The van der Waals surface area contributed by atoms with Crippen molar-refractivity contribution in [2.45, 2.75) is 13.5 Å². The van der Waals surface area contributed by atoms with Crippen molar-refractivity contribution in [3.8, 4) is 0 Å². The van der Waals surface area contributed by atoms with Gasteiger partial charge < -0.3 is 10.1 Å². The van der Waals surface area contributed by atoms with Gasteiger partial charge in [-0.2, -0.15) is 0 Å². The van der Waals surface area contributed by atoms with Crippen LogP contribution >= 0.6 is 11.3 Å². The van der Waals surface area contributed by atoms with Gasteiger partial charge in [-0.1, -0.05) is 0 Å². The Morgan fingerprint density at radius 3 is 2.75 bits per heavy atom. The Morgan fingerprint density at radius 1 is 1.40 bits per heavy atom. The molecule has 106 valence electrons. The number of aromatic nitrogens is 1. The minimum absolute atomic E-state index is 0.0254. The molecule has 2 aromatic rings. The molecule has 0 fully saturated rings. The zero-order chi connectivity index (χ0) is 14.7. The van der Waals surface area contributed by atoms with Crippen molar-refractivity contribution < 1.29 is 18.3 Å². The number of rotatable bonds is 4. The van der Waals surface area contributed by atoms with E-state index in [0.29, 0.717) is 6.07 Å². The summed E-state index contributed by atoms with van der Waals surface area (Å²) < 4.78 is 31.5. The summed E-state index contributed by atoms with van der Waals surface area (Å²) in [5.74, 6) is -2.58. The molecule has 0 spiro atoms. The Hall–Kier alpha value is -2.02. The van der Waals surface area contributed by atoms with Crippen LogP contribution in [0, 0.1) is 18.6 Å². The van der Waals surface area contributed by atoms with Gasteiger partial charge in [-0.3, -0.25) is 0 Å². The Morgan fingerprint density at radius 2 is 2.15 bits per heavy atom. The minimum Gasteiger partial charge on any atom is -0.465 e. The van der Waals surface area contributed by atoms with Crippen molar-refractivity contribution in [2.24, 2.45) is 0 Å². The smallest absolute Gasteiger partial charge is 0.340 e. The number of nitrogens with one attached hydrogen (secondary N) is 1. The molecule has 0 saturated heterocycles. The van der Waals surface area contributed by atoms with Gasteiger partial charge >= 0.3 is 5.97 Å². The number of aryl methyl sites for hydroxylation is 1. The van der Waals surface area contributed by atoms with E-state index in [9.17, 15) is 13.6 Å². The normalized spacial score (nSPS) is 10.4. The van der Waals surface area contributed by atoms with E-state index in [-0.39, 0.29) is 17.8 Å². The molecular formula is C13H12F2N2O2S. The van der Waals surface area contributed by atoms with Crippen LogP contribution in [0.15, 0.2) is 17.5 Å². The molecule has 0 amide bonds. The van der Waals surface area contributed by atoms with E-state index in [4.69, 9.17) is 0 Å². The van der Waals surface area contributed by atoms with Crippen LogP contribution in [0.1, 0.15) is 21.1 Å². The number of halogens is 2. The highest BCUT2D eigenvalue weighted by Gasteiger charge is 2.16. The molecule has 0 aliphatic heterocycles. The van der Waals surface area contributed by atoms with E-state index in [2.05, 4.69) is 15.0 Å². The molecule has 0 unspecified atom stereocenters. The van der Waals surface area contributed by atoms with Crippen molar-refractivity contribution in [3.05, 3.63) is 45.4 Å². The molecule has 2 rings (SSSR count). The molecule has 20 heavy (non-hydrogen) atoms. The number of hydrogen-bond acceptors (Lipinski definition) is 5. The number of carbonyl (C=O) groups is 1. The highest BCUT2D eigenvalue weighted by Crippen LogP contribution is 2.21. The molecule has 0 aliphatic carbocycles. The van der Waals surface area contributed by atoms with Crippen LogP contribution in [-0.4, -0.2) is 18.1 Å². The molecule has 1 aromatic carbocycles. The molecule has 7 heteroatoms. The third kappa shape index (κ3) is 3.11. The first-order valence-electron chi connectivity index (χ1n) is 5.73. The van der Waals surface area contributed by atoms with Crippen LogP contribution in [0.25, 0.3) is 0 Å². The number of nitrogens with zero attached hydrogens (tertiary/aromatic N) is 1. The van der Waals surface area contributed by atoms with Gasteiger partial charge in [0.2, 0.25) is 0 Å². The van der Waals surface area contributed by atoms with Gasteiger partial charge in [-0.25, -0.2) is 18.6 Å². The summed E-state index contributed by atoms with van der Waals surface area (Å²) in [6, 6.07) is 1.75. The molecule has 0 saturated carbocycles. The number of ether oxygens (including phenoxy) is 1. The van der Waals surface area contributed by atoms with E-state index in [1.54, 1.807) is 0 Å². The topological polar surface area (TPSA) is 51.2 Å². The van der Waals surface area contributed by atoms with Crippen LogP contribution in [0.3, 0.4) is 0 Å². The summed E-state index contributed by atoms with van der Waals surface area (Å²) in [4.78, 5) is 15.6. The minimum atomic E-state index is -0.954. The van der Waals surface area contributed by atoms with Crippen molar-refractivity contribution in [2.75, 3.05) is 12.4 Å². The molecule has 0 atom stereocenters. The maximum atomic E-state index is 13.6. The van der Waals surface area contributed by atoms with E-state index in [1.807, 2.05) is 12.3 Å². The third-order valence-electron chi connectivity index (χ3n) is 2.59. The summed E-state index contributed by atoms with van der Waals surface area (Å²) in [6.07, 6.45) is 0. The number of anilines is 1. The van der Waals surface area contributed by atoms with Gasteiger partial charge in [0.05, 0.1) is 35.6 Å². The fraction of sp³-hybridized carbons (Fsp3) is 0.231. The van der Waals surface area contributed by atoms with E-state index in [0.717, 1.165) is 23.9 Å². The Kier molecular flexibility index (Phi) is 4.29. The molecule has 0 radical (unpaired) electrons. The van der Waals surface area contributed by atoms with Gasteiger partial charge in [-0.15, -0.1) is 11.3 Å². The predicted molar refractivity (Wildman–Crippen MR) is 71.9 cm³/mol. The van der Waals surface area contributed by atoms with Crippen molar-refractivity contribution in [1.82, 2.24) is 4.98 Å². The average Bonchev–Trinajstić information content (AvgIpc) is 2.83. The maximum absolute atomic E-state index is 13.6. The number of carbonyl (C=O) groups excluding carboxylic acids is 1. The van der Waals surface area contributed by atoms with Crippen LogP contribution < -0.4 is 5.32 Å². The highest BCUT2D eigenvalue weighted by atomic mass is 32.1. The SMILES string of the molecule is COC(=O)c1cc(NCc2csc(C)n2)c(F)cc1F. The van der Waals surface area contributed by atoms with E-state index in [1.165, 1.54) is 11.3 Å². The lowest BCUT2D eigenvalue weighted by Crippen LogP contribution is -2.08. The first-order chi connectivity index (χ1) is 9.51. The van der Waals surface area contributed by atoms with Crippen LogP contribution in [0.2, 0.25) is 0 Å². The average molecular weight is 298 g/mol. The molecular weight excluding hydrogens is 286 g/mol. The first-order valence-corrected chi connectivity index (χ1v) is 6.61. The Balaban J connectivity index is 2.20. The first kappa shape index (κ1) is 14.4. The molecule has 1 aromatic heterocycles. The van der Waals surface area contributed by atoms with Crippen LogP contribution in [-0.2, 0) is 11.3 Å². The molecule has 0 bridgehead atoms. The second-order valence-electron chi connectivity index (χ2n) is 4.01. The van der Waals surface area contributed by atoms with Crippen LogP contribution in [0.5, 0.6) is 0 Å². The quantitative estimate of drug-likeness (QED) is 0.881. The second-order valence-corrected chi connectivity index (χ2v) is 5.08. The summed E-state index contributed by atoms with van der Waals surface area (Å²) in [5.41, 5.74) is 0.458. The highest BCUT2D eigenvalue weighted by molar-refractivity contribution is 7.09. The lowest BCUT2D eigenvalue weighted by molar-refractivity contribution is 0.0595. The Bertz CT molecular complexity index is 643. The molecule has 1 N–H and O–H groups in total. The van der Waals surface area contributed by atoms with E-state index >= 15 is 0 Å². The van der Waals surface area contributed by atoms with Gasteiger partial charge in [-0.05, 0) is 13.0 Å². The number of esters is 1. The molecule has 4 nitrogen and oxygen atoms in total. The summed E-state index contributed by atoms with van der Waals surface area (Å²) >= 11 is 1.48. The summed E-state index contributed by atoms with van der Waals surface area (Å²) in [7, 11) is 1.14. The van der Waals surface area contributed by atoms with Gasteiger partial charge in [0, 0.05) is 11.4 Å². The largest absolute Gasteiger partial charge is 0.465 e. The summed E-state index contributed by atoms with van der Waals surface area (Å²) in [5, 5.41) is 5.52. The van der Waals surface area contributed by atoms with Crippen molar-refractivity contribution in [3.63, 3.8) is 0 Å². The van der Waals surface area contributed by atoms with Crippen molar-refractivity contribution in [1.29, 1.82) is 0 Å². The van der Waals surface area contributed by atoms with Gasteiger partial charge in [0.25, 0.3) is 0 Å². The van der Waals surface area contributed by atoms with Gasteiger partial charge in [0.15, 0.2) is 0 Å². The zero-order valence-electron chi connectivity index (χ0n) is 10.9.